The summed E-state index contributed by atoms with van der Waals surface area (Å²) in [6, 6.07) is 8.49. The van der Waals surface area contributed by atoms with Gasteiger partial charge in [-0.25, -0.2) is 14.3 Å². The fraction of sp³-hybridized carbons (Fsp3) is 0.222. The van der Waals surface area contributed by atoms with Crippen molar-refractivity contribution in [1.82, 2.24) is 14.6 Å². The van der Waals surface area contributed by atoms with Crippen LogP contribution in [-0.4, -0.2) is 26.5 Å². The van der Waals surface area contributed by atoms with Crippen molar-refractivity contribution in [1.29, 1.82) is 0 Å². The highest BCUT2D eigenvalue weighted by molar-refractivity contribution is 5.97. The van der Waals surface area contributed by atoms with E-state index in [9.17, 15) is 9.59 Å². The first-order chi connectivity index (χ1) is 11.9. The van der Waals surface area contributed by atoms with Crippen LogP contribution in [0.2, 0.25) is 0 Å². The number of primary amides is 1. The molecule has 0 spiro atoms. The summed E-state index contributed by atoms with van der Waals surface area (Å²) in [5, 5.41) is 4.36. The largest absolute Gasteiger partial charge is 0.457 e. The number of hydrogen-bond donors (Lipinski definition) is 1. The molecule has 0 saturated heterocycles. The van der Waals surface area contributed by atoms with E-state index in [0.29, 0.717) is 22.5 Å². The number of aromatic nitrogens is 3. The Labute approximate surface area is 144 Å². The van der Waals surface area contributed by atoms with Crippen LogP contribution in [0.4, 0.5) is 0 Å². The second-order valence-corrected chi connectivity index (χ2v) is 5.87. The molecule has 0 unspecified atom stereocenters. The fourth-order valence-corrected chi connectivity index (χ4v) is 2.65. The van der Waals surface area contributed by atoms with E-state index in [1.807, 2.05) is 19.9 Å². The topological polar surface area (TPSA) is 99.6 Å². The second kappa shape index (κ2) is 6.35. The SMILES string of the molecule is Cc1cc(C)n2nc(C)c(C(=O)OCc3ccc(C(N)=O)cc3)c2n1. The highest BCUT2D eigenvalue weighted by atomic mass is 16.5. The maximum Gasteiger partial charge on any atom is 0.344 e. The minimum atomic E-state index is -0.498. The number of nitrogens with two attached hydrogens (primary N) is 1. The van der Waals surface area contributed by atoms with E-state index in [1.165, 1.54) is 0 Å². The van der Waals surface area contributed by atoms with Gasteiger partial charge in [0.1, 0.15) is 12.2 Å². The number of carbonyl (C=O) groups is 2. The average Bonchev–Trinajstić information content (AvgIpc) is 2.89. The van der Waals surface area contributed by atoms with Crippen molar-refractivity contribution in [2.24, 2.45) is 5.73 Å². The van der Waals surface area contributed by atoms with E-state index < -0.39 is 11.9 Å². The molecule has 1 aromatic carbocycles. The van der Waals surface area contributed by atoms with E-state index >= 15 is 0 Å². The van der Waals surface area contributed by atoms with E-state index in [4.69, 9.17) is 10.5 Å². The highest BCUT2D eigenvalue weighted by Gasteiger charge is 2.21. The molecule has 128 valence electrons. The molecule has 0 atom stereocenters. The Balaban J connectivity index is 1.83. The summed E-state index contributed by atoms with van der Waals surface area (Å²) in [5.74, 6) is -0.980. The molecule has 2 N–H and O–H groups in total. The van der Waals surface area contributed by atoms with Crippen LogP contribution in [0.15, 0.2) is 30.3 Å². The highest BCUT2D eigenvalue weighted by Crippen LogP contribution is 2.18. The molecule has 7 nitrogen and oxygen atoms in total. The quantitative estimate of drug-likeness (QED) is 0.734. The van der Waals surface area contributed by atoms with Gasteiger partial charge in [-0.2, -0.15) is 5.10 Å². The third-order valence-corrected chi connectivity index (χ3v) is 3.88. The summed E-state index contributed by atoms with van der Waals surface area (Å²) in [5.41, 5.74) is 9.49. The number of carbonyl (C=O) groups excluding carboxylic acids is 2. The molecule has 0 fully saturated rings. The van der Waals surface area contributed by atoms with Crippen LogP contribution < -0.4 is 5.73 Å². The lowest BCUT2D eigenvalue weighted by Crippen LogP contribution is -2.11. The molecule has 0 bridgehead atoms. The van der Waals surface area contributed by atoms with Gasteiger partial charge in [0.05, 0.1) is 5.69 Å². The zero-order valence-electron chi connectivity index (χ0n) is 14.2. The predicted octanol–water partition coefficient (Wildman–Crippen LogP) is 2.11. The molecular formula is C18H18N4O3. The van der Waals surface area contributed by atoms with Crippen molar-refractivity contribution in [2.45, 2.75) is 27.4 Å². The first-order valence-corrected chi connectivity index (χ1v) is 7.76. The van der Waals surface area contributed by atoms with Gasteiger partial charge in [-0.3, -0.25) is 4.79 Å². The van der Waals surface area contributed by atoms with Gasteiger partial charge in [0.15, 0.2) is 5.65 Å². The maximum atomic E-state index is 12.5. The van der Waals surface area contributed by atoms with Gasteiger partial charge >= 0.3 is 5.97 Å². The number of fused-ring (bicyclic) bond motifs is 1. The van der Waals surface area contributed by atoms with Crippen molar-refractivity contribution in [3.05, 3.63) is 64.1 Å². The third-order valence-electron chi connectivity index (χ3n) is 3.88. The summed E-state index contributed by atoms with van der Waals surface area (Å²) in [6.45, 7) is 5.61. The zero-order valence-corrected chi connectivity index (χ0v) is 14.2. The molecule has 2 heterocycles. The molecule has 1 amide bonds. The molecule has 0 aliphatic rings. The second-order valence-electron chi connectivity index (χ2n) is 5.87. The molecule has 25 heavy (non-hydrogen) atoms. The van der Waals surface area contributed by atoms with E-state index in [0.717, 1.165) is 17.0 Å². The number of esters is 1. The van der Waals surface area contributed by atoms with Crippen LogP contribution in [0.5, 0.6) is 0 Å². The fourth-order valence-electron chi connectivity index (χ4n) is 2.65. The summed E-state index contributed by atoms with van der Waals surface area (Å²) in [4.78, 5) is 28.0. The number of nitrogens with zero attached hydrogens (tertiary/aromatic N) is 3. The molecule has 0 radical (unpaired) electrons. The minimum absolute atomic E-state index is 0.0828. The van der Waals surface area contributed by atoms with Crippen molar-refractivity contribution in [3.8, 4) is 0 Å². The Hall–Kier alpha value is -3.22. The zero-order chi connectivity index (χ0) is 18.1. The summed E-state index contributed by atoms with van der Waals surface area (Å²) < 4.78 is 7.03. The van der Waals surface area contributed by atoms with Crippen LogP contribution >= 0.6 is 0 Å². The summed E-state index contributed by atoms with van der Waals surface area (Å²) in [6.07, 6.45) is 0. The Morgan fingerprint density at radius 2 is 1.84 bits per heavy atom. The Morgan fingerprint density at radius 3 is 2.48 bits per heavy atom. The Bertz CT molecular complexity index is 974. The van der Waals surface area contributed by atoms with Crippen LogP contribution in [-0.2, 0) is 11.3 Å². The molecule has 3 rings (SSSR count). The van der Waals surface area contributed by atoms with Gasteiger partial charge < -0.3 is 10.5 Å². The number of ether oxygens (including phenoxy) is 1. The molecule has 0 aliphatic heterocycles. The average molecular weight is 338 g/mol. The lowest BCUT2D eigenvalue weighted by Gasteiger charge is -2.06. The van der Waals surface area contributed by atoms with E-state index in [2.05, 4.69) is 10.1 Å². The normalized spacial score (nSPS) is 10.8. The molecule has 0 aliphatic carbocycles. The molecular weight excluding hydrogens is 320 g/mol. The number of hydrogen-bond acceptors (Lipinski definition) is 5. The monoisotopic (exact) mass is 338 g/mol. The smallest absolute Gasteiger partial charge is 0.344 e. The summed E-state index contributed by atoms with van der Waals surface area (Å²) >= 11 is 0. The van der Waals surface area contributed by atoms with Gasteiger partial charge in [-0.15, -0.1) is 0 Å². The van der Waals surface area contributed by atoms with Gasteiger partial charge in [0.2, 0.25) is 5.91 Å². The van der Waals surface area contributed by atoms with Crippen molar-refractivity contribution >= 4 is 17.5 Å². The van der Waals surface area contributed by atoms with Gasteiger partial charge in [0, 0.05) is 17.0 Å². The molecule has 3 aromatic rings. The lowest BCUT2D eigenvalue weighted by molar-refractivity contribution is 0.0473. The lowest BCUT2D eigenvalue weighted by atomic mass is 10.1. The number of amides is 1. The first kappa shape index (κ1) is 16.6. The standard InChI is InChI=1S/C18H18N4O3/c1-10-8-11(2)22-17(20-10)15(12(3)21-22)18(24)25-9-13-4-6-14(7-5-13)16(19)23/h4-8H,9H2,1-3H3,(H2,19,23). The Kier molecular flexibility index (Phi) is 4.22. The van der Waals surface area contributed by atoms with Gasteiger partial charge in [-0.1, -0.05) is 12.1 Å². The number of benzene rings is 1. The molecule has 0 saturated carbocycles. The Morgan fingerprint density at radius 1 is 1.16 bits per heavy atom. The third kappa shape index (κ3) is 3.21. The van der Waals surface area contributed by atoms with Crippen LogP contribution in [0.25, 0.3) is 5.65 Å². The van der Waals surface area contributed by atoms with Crippen LogP contribution in [0.1, 0.15) is 43.4 Å². The van der Waals surface area contributed by atoms with E-state index in [-0.39, 0.29) is 6.61 Å². The maximum absolute atomic E-state index is 12.5. The summed E-state index contributed by atoms with van der Waals surface area (Å²) in [7, 11) is 0. The molecule has 7 heteroatoms. The van der Waals surface area contributed by atoms with Crippen LogP contribution in [0.3, 0.4) is 0 Å². The number of aryl methyl sites for hydroxylation is 3. The number of rotatable bonds is 4. The molecule has 2 aromatic heterocycles. The van der Waals surface area contributed by atoms with Crippen LogP contribution in [0, 0.1) is 20.8 Å². The predicted molar refractivity (Wildman–Crippen MR) is 91.3 cm³/mol. The first-order valence-electron chi connectivity index (χ1n) is 7.76. The van der Waals surface area contributed by atoms with E-state index in [1.54, 1.807) is 35.7 Å². The van der Waals surface area contributed by atoms with Gasteiger partial charge in [0.25, 0.3) is 0 Å². The minimum Gasteiger partial charge on any atom is -0.457 e. The van der Waals surface area contributed by atoms with Gasteiger partial charge in [-0.05, 0) is 44.5 Å². The van der Waals surface area contributed by atoms with Crippen molar-refractivity contribution in [2.75, 3.05) is 0 Å². The van der Waals surface area contributed by atoms with Crippen molar-refractivity contribution in [3.63, 3.8) is 0 Å². The van der Waals surface area contributed by atoms with Crippen molar-refractivity contribution < 1.29 is 14.3 Å².